The van der Waals surface area contributed by atoms with E-state index in [1.54, 1.807) is 29.6 Å². The number of nitrogens with zero attached hydrogens (tertiary/aromatic N) is 1. The van der Waals surface area contributed by atoms with Crippen molar-refractivity contribution in [3.8, 4) is 16.3 Å². The number of rotatable bonds is 10. The first kappa shape index (κ1) is 22.5. The zero-order valence-corrected chi connectivity index (χ0v) is 19.7. The zero-order chi connectivity index (χ0) is 22.5. The summed E-state index contributed by atoms with van der Waals surface area (Å²) >= 11 is 3.30. The predicted molar refractivity (Wildman–Crippen MR) is 130 cm³/mol. The van der Waals surface area contributed by atoms with Crippen molar-refractivity contribution in [2.75, 3.05) is 13.2 Å². The Morgan fingerprint density at radius 1 is 1.16 bits per heavy atom. The number of carbonyl (C=O) groups is 1. The summed E-state index contributed by atoms with van der Waals surface area (Å²) < 4.78 is 12.6. The molecule has 166 valence electrons. The number of carboxylic acid groups (broad SMARTS) is 1. The second kappa shape index (κ2) is 10.3. The van der Waals surface area contributed by atoms with Gasteiger partial charge in [0, 0.05) is 40.0 Å². The molecule has 0 aliphatic carbocycles. The van der Waals surface area contributed by atoms with Crippen molar-refractivity contribution in [3.63, 3.8) is 0 Å². The van der Waals surface area contributed by atoms with Gasteiger partial charge in [-0.25, -0.2) is 9.78 Å². The van der Waals surface area contributed by atoms with Gasteiger partial charge in [0.05, 0.1) is 12.3 Å². The molecule has 0 fully saturated rings. The Morgan fingerprint density at radius 3 is 2.72 bits per heavy atom. The van der Waals surface area contributed by atoms with E-state index in [1.165, 1.54) is 4.88 Å². The lowest BCUT2D eigenvalue weighted by atomic mass is 10.1. The first-order valence-corrected chi connectivity index (χ1v) is 12.2. The number of thiazole rings is 1. The van der Waals surface area contributed by atoms with Crippen LogP contribution in [0.2, 0.25) is 0 Å². The third-order valence-electron chi connectivity index (χ3n) is 5.22. The molecule has 32 heavy (non-hydrogen) atoms. The Bertz CT molecular complexity index is 1200. The van der Waals surface area contributed by atoms with Gasteiger partial charge in [-0.15, -0.1) is 22.7 Å². The maximum Gasteiger partial charge on any atom is 0.333 e. The van der Waals surface area contributed by atoms with Crippen LogP contribution in [-0.2, 0) is 22.4 Å². The number of aryl methyl sites for hydroxylation is 1. The summed E-state index contributed by atoms with van der Waals surface area (Å²) in [6.07, 6.45) is 0.220. The van der Waals surface area contributed by atoms with Crippen LogP contribution in [0.4, 0.5) is 0 Å². The zero-order valence-electron chi connectivity index (χ0n) is 18.0. The molecule has 0 radical (unpaired) electrons. The minimum absolute atomic E-state index is 0.334. The van der Waals surface area contributed by atoms with Crippen molar-refractivity contribution in [2.45, 2.75) is 32.8 Å². The Morgan fingerprint density at radius 2 is 1.97 bits per heavy atom. The van der Waals surface area contributed by atoms with E-state index in [0.717, 1.165) is 44.1 Å². The van der Waals surface area contributed by atoms with E-state index in [4.69, 9.17) is 14.5 Å². The number of aliphatic carboxylic acids is 1. The van der Waals surface area contributed by atoms with Gasteiger partial charge in [-0.3, -0.25) is 0 Å². The average Bonchev–Trinajstić information content (AvgIpc) is 3.43. The average molecular weight is 468 g/mol. The number of ether oxygens (including phenoxy) is 2. The van der Waals surface area contributed by atoms with Gasteiger partial charge in [0.25, 0.3) is 0 Å². The second-order valence-electron chi connectivity index (χ2n) is 7.36. The number of hydrogen-bond acceptors (Lipinski definition) is 6. The first-order chi connectivity index (χ1) is 15.6. The van der Waals surface area contributed by atoms with E-state index in [0.29, 0.717) is 19.6 Å². The van der Waals surface area contributed by atoms with Crippen LogP contribution in [0, 0.1) is 6.92 Å². The highest BCUT2D eigenvalue weighted by molar-refractivity contribution is 7.17. The van der Waals surface area contributed by atoms with Crippen molar-refractivity contribution in [3.05, 3.63) is 70.0 Å². The molecule has 7 heteroatoms. The Labute approximate surface area is 195 Å². The minimum atomic E-state index is -0.939. The van der Waals surface area contributed by atoms with Crippen LogP contribution in [0.25, 0.3) is 20.7 Å². The molecular weight excluding hydrogens is 442 g/mol. The molecule has 2 aromatic carbocycles. The molecule has 0 bridgehead atoms. The molecule has 2 aromatic heterocycles. The smallest absolute Gasteiger partial charge is 0.333 e. The fourth-order valence-electron chi connectivity index (χ4n) is 3.62. The molecule has 2 heterocycles. The molecule has 1 unspecified atom stereocenters. The summed E-state index contributed by atoms with van der Waals surface area (Å²) in [6, 6.07) is 16.1. The molecule has 1 atom stereocenters. The summed E-state index contributed by atoms with van der Waals surface area (Å²) in [5.41, 5.74) is 3.16. The van der Waals surface area contributed by atoms with Gasteiger partial charge in [-0.05, 0) is 36.9 Å². The lowest BCUT2D eigenvalue weighted by Gasteiger charge is -2.14. The first-order valence-electron chi connectivity index (χ1n) is 10.5. The Kier molecular flexibility index (Phi) is 7.19. The van der Waals surface area contributed by atoms with Crippen molar-refractivity contribution >= 4 is 38.7 Å². The van der Waals surface area contributed by atoms with Crippen molar-refractivity contribution in [1.82, 2.24) is 4.98 Å². The van der Waals surface area contributed by atoms with Crippen molar-refractivity contribution < 1.29 is 19.4 Å². The molecule has 0 amide bonds. The van der Waals surface area contributed by atoms with Crippen LogP contribution < -0.4 is 4.74 Å². The quantitative estimate of drug-likeness (QED) is 0.310. The molecule has 1 N–H and O–H groups in total. The van der Waals surface area contributed by atoms with Crippen LogP contribution >= 0.6 is 22.7 Å². The fourth-order valence-corrected chi connectivity index (χ4v) is 5.52. The highest BCUT2D eigenvalue weighted by Gasteiger charge is 2.20. The number of carboxylic acids is 1. The third kappa shape index (κ3) is 5.01. The molecule has 0 saturated heterocycles. The van der Waals surface area contributed by atoms with Gasteiger partial charge in [-0.2, -0.15) is 0 Å². The SMILES string of the molecule is CCOC(Cc1ccc(OCCc2nc(-c3ccccc3)sc2C)c2ccsc12)C(=O)O. The van der Waals surface area contributed by atoms with Crippen molar-refractivity contribution in [1.29, 1.82) is 0 Å². The maximum atomic E-state index is 11.5. The molecule has 5 nitrogen and oxygen atoms in total. The van der Waals surface area contributed by atoms with Gasteiger partial charge in [0.15, 0.2) is 6.10 Å². The number of aromatic nitrogens is 1. The molecule has 4 aromatic rings. The normalized spacial score (nSPS) is 12.2. The summed E-state index contributed by atoms with van der Waals surface area (Å²) in [5.74, 6) is -0.130. The van der Waals surface area contributed by atoms with E-state index >= 15 is 0 Å². The number of fused-ring (bicyclic) bond motifs is 1. The van der Waals surface area contributed by atoms with Crippen LogP contribution in [0.1, 0.15) is 23.1 Å². The molecule has 0 spiro atoms. The van der Waals surface area contributed by atoms with E-state index < -0.39 is 12.1 Å². The van der Waals surface area contributed by atoms with Crippen LogP contribution in [0.15, 0.2) is 53.9 Å². The largest absolute Gasteiger partial charge is 0.493 e. The fraction of sp³-hybridized carbons (Fsp3) is 0.280. The number of thiophene rings is 1. The van der Waals surface area contributed by atoms with Gasteiger partial charge in [-0.1, -0.05) is 36.4 Å². The van der Waals surface area contributed by atoms with Crippen LogP contribution in [0.3, 0.4) is 0 Å². The third-order valence-corrected chi connectivity index (χ3v) is 7.27. The monoisotopic (exact) mass is 467 g/mol. The van der Waals surface area contributed by atoms with E-state index in [9.17, 15) is 9.90 Å². The topological polar surface area (TPSA) is 68.7 Å². The van der Waals surface area contributed by atoms with Gasteiger partial charge in [0.1, 0.15) is 10.8 Å². The predicted octanol–water partition coefficient (Wildman–Crippen LogP) is 5.99. The van der Waals surface area contributed by atoms with Gasteiger partial charge < -0.3 is 14.6 Å². The number of benzene rings is 2. The Hall–Kier alpha value is -2.74. The molecular formula is C25H25NO4S2. The second-order valence-corrected chi connectivity index (χ2v) is 9.48. The van der Waals surface area contributed by atoms with E-state index in [2.05, 4.69) is 19.1 Å². The molecule has 0 aliphatic heterocycles. The summed E-state index contributed by atoms with van der Waals surface area (Å²) in [5, 5.41) is 13.5. The van der Waals surface area contributed by atoms with Crippen molar-refractivity contribution in [2.24, 2.45) is 0 Å². The molecule has 0 aliphatic rings. The highest BCUT2D eigenvalue weighted by atomic mass is 32.1. The minimum Gasteiger partial charge on any atom is -0.493 e. The van der Waals surface area contributed by atoms with Crippen LogP contribution in [-0.4, -0.2) is 35.4 Å². The highest BCUT2D eigenvalue weighted by Crippen LogP contribution is 2.34. The number of hydrogen-bond donors (Lipinski definition) is 1. The lowest BCUT2D eigenvalue weighted by Crippen LogP contribution is -2.26. The van der Waals surface area contributed by atoms with E-state index in [1.807, 2.05) is 41.8 Å². The van der Waals surface area contributed by atoms with Crippen LogP contribution in [0.5, 0.6) is 5.75 Å². The van der Waals surface area contributed by atoms with E-state index in [-0.39, 0.29) is 0 Å². The molecule has 4 rings (SSSR count). The summed E-state index contributed by atoms with van der Waals surface area (Å²) in [7, 11) is 0. The molecule has 0 saturated carbocycles. The maximum absolute atomic E-state index is 11.5. The lowest BCUT2D eigenvalue weighted by molar-refractivity contribution is -0.149. The Balaban J connectivity index is 1.45. The van der Waals surface area contributed by atoms with Gasteiger partial charge >= 0.3 is 5.97 Å². The summed E-state index contributed by atoms with van der Waals surface area (Å²) in [4.78, 5) is 17.5. The summed E-state index contributed by atoms with van der Waals surface area (Å²) in [6.45, 7) is 4.80. The van der Waals surface area contributed by atoms with Gasteiger partial charge in [0.2, 0.25) is 0 Å². The standard InChI is InChI=1S/C25H25NO4S2/c1-3-29-22(25(27)28)15-18-9-10-21(19-12-14-31-23(18)19)30-13-11-20-16(2)32-24(26-20)17-7-5-4-6-8-17/h4-10,12,14,22H,3,11,13,15H2,1-2H3,(H,27,28).